The molecule has 0 aromatic heterocycles. The number of benzene rings is 2. The molecule has 1 N–H and O–H groups in total. The van der Waals surface area contributed by atoms with Crippen LogP contribution in [0.5, 0.6) is 5.75 Å². The Morgan fingerprint density at radius 3 is 2.53 bits per heavy atom. The van der Waals surface area contributed by atoms with E-state index in [4.69, 9.17) is 9.47 Å². The van der Waals surface area contributed by atoms with Gasteiger partial charge in [-0.1, -0.05) is 42.5 Å². The van der Waals surface area contributed by atoms with Gasteiger partial charge in [0.2, 0.25) is 0 Å². The Kier molecular flexibility index (Phi) is 5.90. The summed E-state index contributed by atoms with van der Waals surface area (Å²) < 4.78 is 11.3. The quantitative estimate of drug-likeness (QED) is 0.589. The first-order valence-electron chi connectivity index (χ1n) is 9.87. The molecule has 1 unspecified atom stereocenters. The summed E-state index contributed by atoms with van der Waals surface area (Å²) in [7, 11) is 0. The Morgan fingerprint density at radius 1 is 1.07 bits per heavy atom. The smallest absolute Gasteiger partial charge is 0.331 e. The molecule has 2 aliphatic rings. The van der Waals surface area contributed by atoms with Crippen LogP contribution < -0.4 is 10.1 Å². The summed E-state index contributed by atoms with van der Waals surface area (Å²) >= 11 is 0. The number of nitrogens with zero attached hydrogens (tertiary/aromatic N) is 1. The predicted octanol–water partition coefficient (Wildman–Crippen LogP) is 2.91. The van der Waals surface area contributed by atoms with Crippen molar-refractivity contribution in [2.24, 2.45) is 0 Å². The summed E-state index contributed by atoms with van der Waals surface area (Å²) in [5.74, 6) is -0.628. The van der Waals surface area contributed by atoms with Crippen LogP contribution in [-0.2, 0) is 20.9 Å². The van der Waals surface area contributed by atoms with Gasteiger partial charge in [0.05, 0.1) is 12.6 Å². The zero-order chi connectivity index (χ0) is 20.9. The van der Waals surface area contributed by atoms with E-state index < -0.39 is 17.8 Å². The maximum absolute atomic E-state index is 12.8. The molecule has 7 nitrogen and oxygen atoms in total. The number of amides is 4. The maximum Gasteiger partial charge on any atom is 0.331 e. The zero-order valence-electron chi connectivity index (χ0n) is 16.4. The van der Waals surface area contributed by atoms with Crippen LogP contribution in [0.2, 0.25) is 0 Å². The van der Waals surface area contributed by atoms with Crippen LogP contribution in [0.1, 0.15) is 24.0 Å². The minimum atomic E-state index is -0.706. The molecule has 1 atom stereocenters. The second kappa shape index (κ2) is 8.92. The number of carbonyl (C=O) groups excluding carboxylic acids is 3. The van der Waals surface area contributed by atoms with Crippen molar-refractivity contribution in [2.75, 3.05) is 13.2 Å². The van der Waals surface area contributed by atoms with Crippen molar-refractivity contribution in [3.05, 3.63) is 71.3 Å². The first-order valence-corrected chi connectivity index (χ1v) is 9.87. The molecule has 0 bridgehead atoms. The fraction of sp³-hybridized carbons (Fsp3) is 0.261. The van der Waals surface area contributed by atoms with Crippen LogP contribution in [0.15, 0.2) is 60.2 Å². The summed E-state index contributed by atoms with van der Waals surface area (Å²) in [6.45, 7) is 1.21. The molecular formula is C23H22N2O5. The number of rotatable bonds is 6. The van der Waals surface area contributed by atoms with E-state index in [1.165, 1.54) is 6.08 Å². The van der Waals surface area contributed by atoms with Gasteiger partial charge in [-0.25, -0.2) is 4.79 Å². The van der Waals surface area contributed by atoms with Crippen LogP contribution in [0.3, 0.4) is 0 Å². The number of barbiturate groups is 1. The molecule has 0 spiro atoms. The number of urea groups is 1. The second-order valence-electron chi connectivity index (χ2n) is 7.21. The van der Waals surface area contributed by atoms with E-state index in [0.29, 0.717) is 24.5 Å². The standard InChI is InChI=1S/C23H22N2O5/c26-21-20(22(27)25(23(28)24-21)14-19-7-4-12-29-19)13-16-8-10-18(11-9-16)30-15-17-5-2-1-3-6-17/h1-3,5-6,8-11,13,19H,4,7,12,14-15H2,(H,24,26,28)/b20-13-. The Labute approximate surface area is 174 Å². The lowest BCUT2D eigenvalue weighted by Gasteiger charge is -2.28. The molecule has 2 saturated heterocycles. The lowest BCUT2D eigenvalue weighted by Crippen LogP contribution is -2.55. The van der Waals surface area contributed by atoms with E-state index in [0.717, 1.165) is 23.3 Å². The number of imide groups is 2. The molecule has 4 amide bonds. The molecule has 2 aromatic carbocycles. The minimum Gasteiger partial charge on any atom is -0.489 e. The van der Waals surface area contributed by atoms with E-state index in [9.17, 15) is 14.4 Å². The Morgan fingerprint density at radius 2 is 1.83 bits per heavy atom. The summed E-state index contributed by atoms with van der Waals surface area (Å²) in [5.41, 5.74) is 1.64. The fourth-order valence-electron chi connectivity index (χ4n) is 3.42. The van der Waals surface area contributed by atoms with E-state index in [1.807, 2.05) is 30.3 Å². The molecule has 154 valence electrons. The van der Waals surface area contributed by atoms with Gasteiger partial charge in [-0.05, 0) is 42.2 Å². The zero-order valence-corrected chi connectivity index (χ0v) is 16.4. The second-order valence-corrected chi connectivity index (χ2v) is 7.21. The Hall–Kier alpha value is -3.45. The van der Waals surface area contributed by atoms with E-state index in [1.54, 1.807) is 24.3 Å². The van der Waals surface area contributed by atoms with Gasteiger partial charge in [0, 0.05) is 6.61 Å². The number of ether oxygens (including phenoxy) is 2. The molecule has 2 aliphatic heterocycles. The number of nitrogens with one attached hydrogen (secondary N) is 1. The molecule has 2 fully saturated rings. The topological polar surface area (TPSA) is 84.9 Å². The number of hydrogen-bond donors (Lipinski definition) is 1. The largest absolute Gasteiger partial charge is 0.489 e. The van der Waals surface area contributed by atoms with Crippen LogP contribution in [-0.4, -0.2) is 42.0 Å². The first-order chi connectivity index (χ1) is 14.6. The van der Waals surface area contributed by atoms with E-state index >= 15 is 0 Å². The van der Waals surface area contributed by atoms with Gasteiger partial charge in [0.1, 0.15) is 17.9 Å². The average molecular weight is 406 g/mol. The Balaban J connectivity index is 1.44. The van der Waals surface area contributed by atoms with Crippen molar-refractivity contribution in [2.45, 2.75) is 25.6 Å². The van der Waals surface area contributed by atoms with E-state index in [-0.39, 0.29) is 18.2 Å². The summed E-state index contributed by atoms with van der Waals surface area (Å²) in [5, 5.41) is 2.23. The molecule has 0 saturated carbocycles. The van der Waals surface area contributed by atoms with Crippen molar-refractivity contribution in [1.82, 2.24) is 10.2 Å². The average Bonchev–Trinajstić information content (AvgIpc) is 3.28. The summed E-state index contributed by atoms with van der Waals surface area (Å²) in [6.07, 6.45) is 2.98. The van der Waals surface area contributed by atoms with E-state index in [2.05, 4.69) is 5.32 Å². The number of carbonyl (C=O) groups is 3. The SMILES string of the molecule is O=C1NC(=O)N(CC2CCCO2)C(=O)/C1=C\c1ccc(OCc2ccccc2)cc1. The van der Waals surface area contributed by atoms with Crippen LogP contribution >= 0.6 is 0 Å². The molecule has 7 heteroatoms. The van der Waals surface area contributed by atoms with Crippen molar-refractivity contribution < 1.29 is 23.9 Å². The van der Waals surface area contributed by atoms with Gasteiger partial charge in [-0.15, -0.1) is 0 Å². The highest BCUT2D eigenvalue weighted by atomic mass is 16.5. The van der Waals surface area contributed by atoms with Crippen molar-refractivity contribution >= 4 is 23.9 Å². The monoisotopic (exact) mass is 406 g/mol. The molecule has 2 heterocycles. The maximum atomic E-state index is 12.8. The minimum absolute atomic E-state index is 0.0782. The van der Waals surface area contributed by atoms with Gasteiger partial charge in [0.15, 0.2) is 0 Å². The predicted molar refractivity (Wildman–Crippen MR) is 109 cm³/mol. The third kappa shape index (κ3) is 4.58. The third-order valence-corrected chi connectivity index (χ3v) is 5.04. The molecule has 4 rings (SSSR count). The highest BCUT2D eigenvalue weighted by molar-refractivity contribution is 6.31. The number of hydrogen-bond acceptors (Lipinski definition) is 5. The van der Waals surface area contributed by atoms with Crippen LogP contribution in [0.4, 0.5) is 4.79 Å². The molecule has 30 heavy (non-hydrogen) atoms. The van der Waals surface area contributed by atoms with Gasteiger partial charge >= 0.3 is 6.03 Å². The molecule has 2 aromatic rings. The van der Waals surface area contributed by atoms with Crippen LogP contribution in [0, 0.1) is 0 Å². The highest BCUT2D eigenvalue weighted by Crippen LogP contribution is 2.20. The third-order valence-electron chi connectivity index (χ3n) is 5.04. The van der Waals surface area contributed by atoms with Gasteiger partial charge in [0.25, 0.3) is 11.8 Å². The van der Waals surface area contributed by atoms with Crippen molar-refractivity contribution in [3.63, 3.8) is 0 Å². The van der Waals surface area contributed by atoms with Gasteiger partial charge in [-0.2, -0.15) is 0 Å². The summed E-state index contributed by atoms with van der Waals surface area (Å²) in [6, 6.07) is 16.2. The lowest BCUT2D eigenvalue weighted by atomic mass is 10.1. The van der Waals surface area contributed by atoms with Gasteiger partial charge in [-0.3, -0.25) is 19.8 Å². The Bertz CT molecular complexity index is 963. The molecular weight excluding hydrogens is 384 g/mol. The van der Waals surface area contributed by atoms with Crippen molar-refractivity contribution in [3.8, 4) is 5.75 Å². The van der Waals surface area contributed by atoms with Gasteiger partial charge < -0.3 is 9.47 Å². The van der Waals surface area contributed by atoms with Crippen LogP contribution in [0.25, 0.3) is 6.08 Å². The first kappa shape index (κ1) is 19.8. The normalized spacial score (nSPS) is 20.5. The van der Waals surface area contributed by atoms with Crippen molar-refractivity contribution in [1.29, 1.82) is 0 Å². The lowest BCUT2D eigenvalue weighted by molar-refractivity contribution is -0.131. The molecule has 0 aliphatic carbocycles. The molecule has 0 radical (unpaired) electrons. The summed E-state index contributed by atoms with van der Waals surface area (Å²) in [4.78, 5) is 38.1. The fourth-order valence-corrected chi connectivity index (χ4v) is 3.42. The highest BCUT2D eigenvalue weighted by Gasteiger charge is 2.37.